The van der Waals surface area contributed by atoms with E-state index in [4.69, 9.17) is 0 Å². The first kappa shape index (κ1) is 8.40. The Morgan fingerprint density at radius 2 is 2.00 bits per heavy atom. The van der Waals surface area contributed by atoms with Gasteiger partial charge in [-0.1, -0.05) is 0 Å². The second-order valence-electron chi connectivity index (χ2n) is 2.66. The second-order valence-corrected chi connectivity index (χ2v) is 3.14. The highest BCUT2D eigenvalue weighted by Gasteiger charge is 2.01. The van der Waals surface area contributed by atoms with Crippen LogP contribution in [0.1, 0.15) is 11.3 Å². The summed E-state index contributed by atoms with van der Waals surface area (Å²) in [6.07, 6.45) is 0. The number of thiol groups is 1. The number of aryl methyl sites for hydroxylation is 1. The predicted octanol–water partition coefficient (Wildman–Crippen LogP) is 1.29. The molecule has 0 amide bonds. The first-order valence-electron chi connectivity index (χ1n) is 3.40. The molecular weight excluding hydrogens is 158 g/mol. The molecule has 0 atom stereocenters. The van der Waals surface area contributed by atoms with E-state index >= 15 is 0 Å². The van der Waals surface area contributed by atoms with Crippen molar-refractivity contribution in [3.8, 4) is 0 Å². The van der Waals surface area contributed by atoms with E-state index in [0.717, 1.165) is 11.3 Å². The Kier molecular flexibility index (Phi) is 2.09. The molecule has 0 fully saturated rings. The third-order valence-corrected chi connectivity index (χ3v) is 2.27. The fourth-order valence-corrected chi connectivity index (χ4v) is 1.30. The summed E-state index contributed by atoms with van der Waals surface area (Å²) in [4.78, 5) is 11.7. The van der Waals surface area contributed by atoms with Crippen molar-refractivity contribution in [1.82, 2.24) is 4.57 Å². The van der Waals surface area contributed by atoms with Crippen molar-refractivity contribution in [3.63, 3.8) is 0 Å². The smallest absolute Gasteiger partial charge is 0.263 e. The number of aromatic nitrogens is 1. The molecule has 0 aliphatic heterocycles. The molecule has 11 heavy (non-hydrogen) atoms. The average Bonchev–Trinajstić information content (AvgIpc) is 1.97. The molecule has 3 heteroatoms. The standard InChI is InChI=1S/C8H11NOS/c1-5-4-7(11)8(10)9(3)6(5)2/h4,11H,1-3H3. The van der Waals surface area contributed by atoms with Gasteiger partial charge in [0.2, 0.25) is 0 Å². The summed E-state index contributed by atoms with van der Waals surface area (Å²) in [6, 6.07) is 1.79. The van der Waals surface area contributed by atoms with Gasteiger partial charge in [0.05, 0.1) is 4.90 Å². The average molecular weight is 169 g/mol. The largest absolute Gasteiger partial charge is 0.315 e. The van der Waals surface area contributed by atoms with Crippen LogP contribution in [-0.4, -0.2) is 4.57 Å². The summed E-state index contributed by atoms with van der Waals surface area (Å²) in [7, 11) is 1.75. The lowest BCUT2D eigenvalue weighted by Crippen LogP contribution is -2.20. The van der Waals surface area contributed by atoms with Gasteiger partial charge in [-0.25, -0.2) is 0 Å². The topological polar surface area (TPSA) is 22.0 Å². The zero-order valence-electron chi connectivity index (χ0n) is 6.88. The van der Waals surface area contributed by atoms with Crippen molar-refractivity contribution >= 4 is 12.6 Å². The maximum absolute atomic E-state index is 11.2. The van der Waals surface area contributed by atoms with Gasteiger partial charge in [-0.05, 0) is 25.5 Å². The Hall–Kier alpha value is -0.700. The fraction of sp³-hybridized carbons (Fsp3) is 0.375. The van der Waals surface area contributed by atoms with Gasteiger partial charge in [0.1, 0.15) is 0 Å². The SMILES string of the molecule is Cc1cc(S)c(=O)n(C)c1C. The Labute approximate surface area is 71.3 Å². The highest BCUT2D eigenvalue weighted by Crippen LogP contribution is 2.06. The lowest BCUT2D eigenvalue weighted by Gasteiger charge is -2.06. The maximum Gasteiger partial charge on any atom is 0.263 e. The van der Waals surface area contributed by atoms with E-state index in [1.54, 1.807) is 17.7 Å². The molecular formula is C8H11NOS. The van der Waals surface area contributed by atoms with E-state index in [9.17, 15) is 4.79 Å². The van der Waals surface area contributed by atoms with Crippen molar-refractivity contribution < 1.29 is 0 Å². The van der Waals surface area contributed by atoms with Crippen LogP contribution in [0.2, 0.25) is 0 Å². The van der Waals surface area contributed by atoms with Gasteiger partial charge in [0, 0.05) is 12.7 Å². The Morgan fingerprint density at radius 3 is 2.55 bits per heavy atom. The van der Waals surface area contributed by atoms with Crippen molar-refractivity contribution in [2.45, 2.75) is 18.7 Å². The molecule has 0 saturated heterocycles. The highest BCUT2D eigenvalue weighted by molar-refractivity contribution is 7.80. The molecule has 0 bridgehead atoms. The fourth-order valence-electron chi connectivity index (χ4n) is 0.960. The quantitative estimate of drug-likeness (QED) is 0.581. The second kappa shape index (κ2) is 2.74. The van der Waals surface area contributed by atoms with Crippen LogP contribution in [0, 0.1) is 13.8 Å². The van der Waals surface area contributed by atoms with E-state index in [-0.39, 0.29) is 5.56 Å². The Morgan fingerprint density at radius 1 is 1.45 bits per heavy atom. The lowest BCUT2D eigenvalue weighted by atomic mass is 10.2. The molecule has 1 aromatic rings. The van der Waals surface area contributed by atoms with Gasteiger partial charge in [-0.3, -0.25) is 4.79 Å². The zero-order valence-corrected chi connectivity index (χ0v) is 7.77. The van der Waals surface area contributed by atoms with Crippen LogP contribution in [0.3, 0.4) is 0 Å². The summed E-state index contributed by atoms with van der Waals surface area (Å²) in [5, 5.41) is 0. The van der Waals surface area contributed by atoms with E-state index in [0.29, 0.717) is 4.90 Å². The van der Waals surface area contributed by atoms with Crippen LogP contribution >= 0.6 is 12.6 Å². The molecule has 0 aromatic carbocycles. The summed E-state index contributed by atoms with van der Waals surface area (Å²) < 4.78 is 1.61. The molecule has 0 spiro atoms. The maximum atomic E-state index is 11.2. The normalized spacial score (nSPS) is 10.2. The van der Waals surface area contributed by atoms with E-state index in [1.807, 2.05) is 13.8 Å². The highest BCUT2D eigenvalue weighted by atomic mass is 32.1. The van der Waals surface area contributed by atoms with Crippen LogP contribution in [-0.2, 0) is 7.05 Å². The van der Waals surface area contributed by atoms with E-state index in [1.165, 1.54) is 0 Å². The van der Waals surface area contributed by atoms with E-state index in [2.05, 4.69) is 12.6 Å². The molecule has 60 valence electrons. The predicted molar refractivity (Wildman–Crippen MR) is 48.4 cm³/mol. The van der Waals surface area contributed by atoms with Crippen molar-refractivity contribution in [2.75, 3.05) is 0 Å². The number of hydrogen-bond donors (Lipinski definition) is 1. The van der Waals surface area contributed by atoms with Crippen LogP contribution < -0.4 is 5.56 Å². The monoisotopic (exact) mass is 169 g/mol. The molecule has 1 rings (SSSR count). The minimum atomic E-state index is -0.0311. The van der Waals surface area contributed by atoms with Crippen LogP contribution in [0.15, 0.2) is 15.8 Å². The summed E-state index contributed by atoms with van der Waals surface area (Å²) >= 11 is 4.05. The number of rotatable bonds is 0. The molecule has 0 unspecified atom stereocenters. The first-order chi connectivity index (χ1) is 5.04. The third-order valence-electron chi connectivity index (χ3n) is 1.95. The number of nitrogens with zero attached hydrogens (tertiary/aromatic N) is 1. The summed E-state index contributed by atoms with van der Waals surface area (Å²) in [5.41, 5.74) is 2.06. The van der Waals surface area contributed by atoms with Crippen LogP contribution in [0.4, 0.5) is 0 Å². The van der Waals surface area contributed by atoms with Gasteiger partial charge in [-0.15, -0.1) is 12.6 Å². The van der Waals surface area contributed by atoms with Crippen LogP contribution in [0.25, 0.3) is 0 Å². The molecule has 0 radical (unpaired) electrons. The molecule has 2 nitrogen and oxygen atoms in total. The molecule has 0 N–H and O–H groups in total. The van der Waals surface area contributed by atoms with Crippen LogP contribution in [0.5, 0.6) is 0 Å². The van der Waals surface area contributed by atoms with Gasteiger partial charge >= 0.3 is 0 Å². The molecule has 1 heterocycles. The van der Waals surface area contributed by atoms with Gasteiger partial charge in [-0.2, -0.15) is 0 Å². The Bertz CT molecular complexity index is 341. The number of hydrogen-bond acceptors (Lipinski definition) is 2. The van der Waals surface area contributed by atoms with Crippen molar-refractivity contribution in [3.05, 3.63) is 27.7 Å². The molecule has 0 aliphatic rings. The molecule has 1 aromatic heterocycles. The summed E-state index contributed by atoms with van der Waals surface area (Å²) in [5.74, 6) is 0. The molecule has 0 saturated carbocycles. The summed E-state index contributed by atoms with van der Waals surface area (Å²) in [6.45, 7) is 3.89. The molecule has 0 aliphatic carbocycles. The third kappa shape index (κ3) is 1.33. The lowest BCUT2D eigenvalue weighted by molar-refractivity contribution is 0.784. The zero-order chi connectivity index (χ0) is 8.59. The Balaban J connectivity index is 3.59. The van der Waals surface area contributed by atoms with Crippen molar-refractivity contribution in [1.29, 1.82) is 0 Å². The van der Waals surface area contributed by atoms with E-state index < -0.39 is 0 Å². The van der Waals surface area contributed by atoms with Crippen molar-refractivity contribution in [2.24, 2.45) is 7.05 Å². The van der Waals surface area contributed by atoms with Gasteiger partial charge in [0.15, 0.2) is 0 Å². The minimum absolute atomic E-state index is 0.0311. The number of pyridine rings is 1. The minimum Gasteiger partial charge on any atom is -0.315 e. The van der Waals surface area contributed by atoms with Gasteiger partial charge < -0.3 is 4.57 Å². The van der Waals surface area contributed by atoms with Gasteiger partial charge in [0.25, 0.3) is 5.56 Å². The first-order valence-corrected chi connectivity index (χ1v) is 3.85.